The molecule has 0 unspecified atom stereocenters. The van der Waals surface area contributed by atoms with E-state index in [1.165, 1.54) is 0 Å². The van der Waals surface area contributed by atoms with Gasteiger partial charge in [-0.15, -0.1) is 0 Å². The van der Waals surface area contributed by atoms with E-state index in [1.807, 2.05) is 0 Å². The zero-order chi connectivity index (χ0) is 17.9. The molecule has 1 rings (SSSR count). The molecule has 8 heteroatoms. The van der Waals surface area contributed by atoms with E-state index >= 15 is 0 Å². The quantitative estimate of drug-likeness (QED) is 0.254. The molecule has 0 fully saturated rings. The summed E-state index contributed by atoms with van der Waals surface area (Å²) in [5.74, 6) is -3.15. The number of hydrogen-bond acceptors (Lipinski definition) is 6. The van der Waals surface area contributed by atoms with Gasteiger partial charge in [0, 0.05) is 6.07 Å². The molecule has 0 aromatic heterocycles. The number of phenols is 2. The molecule has 0 aliphatic heterocycles. The minimum absolute atomic E-state index is 0.000810. The van der Waals surface area contributed by atoms with Gasteiger partial charge >= 0.3 is 11.7 Å². The van der Waals surface area contributed by atoms with Crippen LogP contribution in [0.15, 0.2) is 17.7 Å². The van der Waals surface area contributed by atoms with E-state index in [9.17, 15) is 30.2 Å². The number of phenolic OH excluding ortho intramolecular Hbond substituents is 2. The second-order valence-corrected chi connectivity index (χ2v) is 6.13. The number of rotatable bonds is 4. The molecule has 0 bridgehead atoms. The van der Waals surface area contributed by atoms with Gasteiger partial charge < -0.3 is 15.3 Å². The molecule has 0 aliphatic carbocycles. The van der Waals surface area contributed by atoms with Gasteiger partial charge in [0.1, 0.15) is 11.6 Å². The number of aliphatic carboxylic acids is 1. The molecule has 0 aliphatic rings. The maximum Gasteiger partial charge on any atom is 0.346 e. The Bertz CT molecular complexity index is 738. The lowest BCUT2D eigenvalue weighted by atomic mass is 9.83. The molecule has 0 amide bonds. The Hall–Kier alpha value is -3.08. The second-order valence-electron chi connectivity index (χ2n) is 6.13. The van der Waals surface area contributed by atoms with E-state index in [0.717, 1.165) is 12.1 Å². The van der Waals surface area contributed by atoms with E-state index in [4.69, 9.17) is 5.26 Å². The summed E-state index contributed by atoms with van der Waals surface area (Å²) >= 11 is 0. The first-order chi connectivity index (χ1) is 10.5. The molecule has 122 valence electrons. The van der Waals surface area contributed by atoms with Crippen molar-refractivity contribution in [2.45, 2.75) is 27.2 Å². The molecule has 0 saturated carbocycles. The topological polar surface area (TPSA) is 145 Å². The fraction of sp³-hybridized carbons (Fsp3) is 0.333. The third-order valence-electron chi connectivity index (χ3n) is 2.95. The Morgan fingerprint density at radius 2 is 1.91 bits per heavy atom. The van der Waals surface area contributed by atoms with Gasteiger partial charge in [-0.3, -0.25) is 10.1 Å². The number of carboxylic acids is 1. The summed E-state index contributed by atoms with van der Waals surface area (Å²) in [5, 5.41) is 48.4. The first-order valence-corrected chi connectivity index (χ1v) is 6.55. The third kappa shape index (κ3) is 4.20. The Labute approximate surface area is 132 Å². The molecule has 0 saturated heterocycles. The number of aromatic hydroxyl groups is 2. The van der Waals surface area contributed by atoms with Crippen LogP contribution in [-0.2, 0) is 4.79 Å². The van der Waals surface area contributed by atoms with Crippen molar-refractivity contribution in [3.05, 3.63) is 33.4 Å². The van der Waals surface area contributed by atoms with Crippen molar-refractivity contribution in [3.63, 3.8) is 0 Å². The SMILES string of the molecule is CC(C)(C)CC(=C(C#N)C(=O)O)c1cc(O)c(O)c([N+](=O)[O-])c1. The van der Waals surface area contributed by atoms with Crippen LogP contribution < -0.4 is 0 Å². The Balaban J connectivity index is 3.73. The van der Waals surface area contributed by atoms with E-state index in [1.54, 1.807) is 26.8 Å². The number of hydrogen-bond donors (Lipinski definition) is 3. The number of nitro groups is 1. The number of nitriles is 1. The van der Waals surface area contributed by atoms with E-state index in [2.05, 4.69) is 0 Å². The first-order valence-electron chi connectivity index (χ1n) is 6.55. The van der Waals surface area contributed by atoms with Crippen molar-refractivity contribution in [2.24, 2.45) is 5.41 Å². The van der Waals surface area contributed by atoms with Crippen LogP contribution in [0.4, 0.5) is 5.69 Å². The normalized spacial score (nSPS) is 12.3. The maximum atomic E-state index is 11.3. The van der Waals surface area contributed by atoms with Crippen molar-refractivity contribution in [2.75, 3.05) is 0 Å². The highest BCUT2D eigenvalue weighted by molar-refractivity contribution is 6.01. The summed E-state index contributed by atoms with van der Waals surface area (Å²) in [5.41, 5.74) is -1.71. The molecule has 0 radical (unpaired) electrons. The van der Waals surface area contributed by atoms with Crippen molar-refractivity contribution in [1.82, 2.24) is 0 Å². The predicted molar refractivity (Wildman–Crippen MR) is 80.7 cm³/mol. The highest BCUT2D eigenvalue weighted by atomic mass is 16.6. The standard InChI is InChI=1S/C15H16N2O6/c1-15(2,3)6-9(10(7-16)14(20)21)8-4-11(17(22)23)13(19)12(18)5-8/h4-5,18-19H,6H2,1-3H3,(H,20,21). The van der Waals surface area contributed by atoms with Gasteiger partial charge in [0.05, 0.1) is 4.92 Å². The lowest BCUT2D eigenvalue weighted by Gasteiger charge is -2.21. The highest BCUT2D eigenvalue weighted by Crippen LogP contribution is 2.41. The van der Waals surface area contributed by atoms with E-state index in [-0.39, 0.29) is 17.6 Å². The van der Waals surface area contributed by atoms with Gasteiger partial charge in [0.25, 0.3) is 0 Å². The lowest BCUT2D eigenvalue weighted by Crippen LogP contribution is -2.11. The van der Waals surface area contributed by atoms with Crippen molar-refractivity contribution in [3.8, 4) is 17.6 Å². The van der Waals surface area contributed by atoms with E-state index < -0.39 is 39.1 Å². The van der Waals surface area contributed by atoms with Crippen LogP contribution in [0.2, 0.25) is 0 Å². The fourth-order valence-electron chi connectivity index (χ4n) is 2.03. The number of carboxylic acid groups (broad SMARTS) is 1. The number of nitro benzene ring substituents is 1. The van der Waals surface area contributed by atoms with E-state index in [0.29, 0.717) is 0 Å². The van der Waals surface area contributed by atoms with Crippen molar-refractivity contribution >= 4 is 17.2 Å². The summed E-state index contributed by atoms with van der Waals surface area (Å²) in [6, 6.07) is 3.52. The van der Waals surface area contributed by atoms with Crippen LogP contribution in [0.25, 0.3) is 5.57 Å². The molecular weight excluding hydrogens is 304 g/mol. The minimum Gasteiger partial charge on any atom is -0.504 e. The Morgan fingerprint density at radius 3 is 2.30 bits per heavy atom. The zero-order valence-electron chi connectivity index (χ0n) is 12.8. The third-order valence-corrected chi connectivity index (χ3v) is 2.95. The number of benzene rings is 1. The maximum absolute atomic E-state index is 11.3. The molecule has 23 heavy (non-hydrogen) atoms. The van der Waals surface area contributed by atoms with Crippen molar-refractivity contribution in [1.29, 1.82) is 5.26 Å². The van der Waals surface area contributed by atoms with Crippen LogP contribution in [0.1, 0.15) is 32.8 Å². The van der Waals surface area contributed by atoms with Crippen LogP contribution >= 0.6 is 0 Å². The Morgan fingerprint density at radius 1 is 1.35 bits per heavy atom. The van der Waals surface area contributed by atoms with Crippen LogP contribution in [0.5, 0.6) is 11.5 Å². The van der Waals surface area contributed by atoms with Crippen LogP contribution in [0.3, 0.4) is 0 Å². The largest absolute Gasteiger partial charge is 0.504 e. The molecule has 0 heterocycles. The van der Waals surface area contributed by atoms with Crippen LogP contribution in [-0.4, -0.2) is 26.2 Å². The smallest absolute Gasteiger partial charge is 0.346 e. The van der Waals surface area contributed by atoms with Gasteiger partial charge in [-0.05, 0) is 29.0 Å². The van der Waals surface area contributed by atoms with Gasteiger partial charge in [-0.1, -0.05) is 20.8 Å². The summed E-state index contributed by atoms with van der Waals surface area (Å²) in [6.07, 6.45) is 0.129. The Kier molecular flexibility index (Phi) is 4.97. The average Bonchev–Trinajstić information content (AvgIpc) is 2.39. The van der Waals surface area contributed by atoms with Gasteiger partial charge in [-0.2, -0.15) is 5.26 Å². The zero-order valence-corrected chi connectivity index (χ0v) is 12.8. The number of nitrogens with zero attached hydrogens (tertiary/aromatic N) is 2. The summed E-state index contributed by atoms with van der Waals surface area (Å²) in [4.78, 5) is 21.3. The minimum atomic E-state index is -1.47. The summed E-state index contributed by atoms with van der Waals surface area (Å²) in [7, 11) is 0. The highest BCUT2D eigenvalue weighted by Gasteiger charge is 2.26. The lowest BCUT2D eigenvalue weighted by molar-refractivity contribution is -0.386. The second kappa shape index (κ2) is 6.36. The first kappa shape index (κ1) is 18.0. The predicted octanol–water partition coefficient (Wildman–Crippen LogP) is 2.80. The molecule has 8 nitrogen and oxygen atoms in total. The van der Waals surface area contributed by atoms with Gasteiger partial charge in [0.2, 0.25) is 5.75 Å². The van der Waals surface area contributed by atoms with Crippen LogP contribution in [0, 0.1) is 26.9 Å². The molecule has 1 aromatic rings. The monoisotopic (exact) mass is 320 g/mol. The summed E-state index contributed by atoms with van der Waals surface area (Å²) < 4.78 is 0. The average molecular weight is 320 g/mol. The summed E-state index contributed by atoms with van der Waals surface area (Å²) in [6.45, 7) is 5.41. The van der Waals surface area contributed by atoms with Gasteiger partial charge in [0.15, 0.2) is 5.75 Å². The molecule has 0 atom stereocenters. The molecular formula is C15H16N2O6. The molecule has 1 aromatic carbocycles. The molecule has 3 N–H and O–H groups in total. The number of carbonyl (C=O) groups is 1. The van der Waals surface area contributed by atoms with Gasteiger partial charge in [-0.25, -0.2) is 4.79 Å². The molecule has 0 spiro atoms. The van der Waals surface area contributed by atoms with Crippen molar-refractivity contribution < 1.29 is 25.0 Å². The number of allylic oxidation sites excluding steroid dienone is 1. The fourth-order valence-corrected chi connectivity index (χ4v) is 2.03.